The number of alkyl halides is 1. The first kappa shape index (κ1) is 39.0. The molecule has 0 spiro atoms. The minimum atomic E-state index is -1.88. The van der Waals surface area contributed by atoms with Crippen molar-refractivity contribution in [1.29, 1.82) is 0 Å². The first-order valence-electron chi connectivity index (χ1n) is 16.4. The van der Waals surface area contributed by atoms with Crippen LogP contribution in [0.4, 0.5) is 9.18 Å². The normalized spacial score (nSPS) is 20.8. The number of hydrogen-bond donors (Lipinski definition) is 5. The van der Waals surface area contributed by atoms with E-state index in [1.165, 1.54) is 0 Å². The first-order chi connectivity index (χ1) is 23.2. The number of aliphatic hydroxyl groups is 1. The van der Waals surface area contributed by atoms with Crippen molar-refractivity contribution < 1.29 is 47.4 Å². The summed E-state index contributed by atoms with van der Waals surface area (Å²) in [6.07, 6.45) is -3.22. The molecule has 1 fully saturated rings. The van der Waals surface area contributed by atoms with Crippen LogP contribution in [0.25, 0.3) is 0 Å². The van der Waals surface area contributed by atoms with Gasteiger partial charge < -0.3 is 36.7 Å². The van der Waals surface area contributed by atoms with Crippen LogP contribution in [0.2, 0.25) is 0 Å². The number of nitrogens with zero attached hydrogens (tertiary/aromatic N) is 1. The largest absolute Gasteiger partial charge is 0.445 e. The molecule has 2 aromatic carbocycles. The van der Waals surface area contributed by atoms with Crippen LogP contribution in [0.5, 0.6) is 0 Å². The Balaban J connectivity index is 1.91. The predicted octanol–water partition coefficient (Wildman–Crippen LogP) is 1.78. The Morgan fingerprint density at radius 1 is 0.959 bits per heavy atom. The summed E-state index contributed by atoms with van der Waals surface area (Å²) in [5.41, 5.74) is 11.6. The van der Waals surface area contributed by atoms with E-state index in [4.69, 9.17) is 20.9 Å². The molecule has 0 bridgehead atoms. The van der Waals surface area contributed by atoms with Crippen molar-refractivity contribution in [2.24, 2.45) is 11.5 Å². The van der Waals surface area contributed by atoms with Crippen LogP contribution in [-0.4, -0.2) is 95.0 Å². The molecule has 3 rings (SSSR count). The lowest BCUT2D eigenvalue weighted by Gasteiger charge is -2.47. The Morgan fingerprint density at radius 3 is 2.12 bits per heavy atom. The van der Waals surface area contributed by atoms with Crippen LogP contribution in [0, 0.1) is 0 Å². The number of carbonyl (C=O) groups excluding carboxylic acids is 5. The van der Waals surface area contributed by atoms with Gasteiger partial charge in [-0.15, -0.1) is 0 Å². The van der Waals surface area contributed by atoms with Gasteiger partial charge in [0.05, 0.1) is 24.7 Å². The number of hydrogen-bond acceptors (Lipinski definition) is 8. The van der Waals surface area contributed by atoms with E-state index in [1.807, 2.05) is 0 Å². The number of nitrogens with two attached hydrogens (primary N) is 2. The molecule has 0 saturated carbocycles. The third-order valence-corrected chi connectivity index (χ3v) is 8.80. The van der Waals surface area contributed by atoms with E-state index in [0.29, 0.717) is 24.0 Å². The summed E-state index contributed by atoms with van der Waals surface area (Å²) in [7, 11) is 0. The predicted molar refractivity (Wildman–Crippen MR) is 178 cm³/mol. The van der Waals surface area contributed by atoms with Crippen LogP contribution >= 0.6 is 0 Å². The van der Waals surface area contributed by atoms with E-state index in [9.17, 15) is 33.5 Å². The second-order valence-electron chi connectivity index (χ2n) is 13.3. The molecule has 2 unspecified atom stereocenters. The zero-order valence-corrected chi connectivity index (χ0v) is 28.3. The lowest BCUT2D eigenvalue weighted by atomic mass is 9.93. The number of nitrogens with one attached hydrogen (secondary N) is 2. The molecule has 0 radical (unpaired) electrons. The number of quaternary nitrogens is 1. The Hall–Kier alpha value is -4.40. The molecule has 0 aromatic heterocycles. The number of alkyl carbamates (subject to hydrolysis) is 1. The Kier molecular flexibility index (Phi) is 14.2. The minimum Gasteiger partial charge on any atom is -0.445 e. The summed E-state index contributed by atoms with van der Waals surface area (Å²) < 4.78 is 23.3. The summed E-state index contributed by atoms with van der Waals surface area (Å²) in [6, 6.07) is 13.7. The van der Waals surface area contributed by atoms with Gasteiger partial charge in [-0.25, -0.2) is 14.1 Å². The third kappa shape index (κ3) is 10.5. The number of benzene rings is 2. The third-order valence-electron chi connectivity index (χ3n) is 8.80. The van der Waals surface area contributed by atoms with Crippen molar-refractivity contribution in [3.05, 3.63) is 71.8 Å². The van der Waals surface area contributed by atoms with Gasteiger partial charge in [-0.05, 0) is 51.2 Å². The Morgan fingerprint density at radius 2 is 1.57 bits per heavy atom. The zero-order valence-electron chi connectivity index (χ0n) is 28.3. The van der Waals surface area contributed by atoms with E-state index >= 15 is 0 Å². The van der Waals surface area contributed by atoms with Gasteiger partial charge in [-0.2, -0.15) is 0 Å². The zero-order chi connectivity index (χ0) is 36.2. The molecule has 7 N–H and O–H groups in total. The van der Waals surface area contributed by atoms with E-state index < -0.39 is 83.2 Å². The van der Waals surface area contributed by atoms with Gasteiger partial charge >= 0.3 is 12.0 Å². The van der Waals surface area contributed by atoms with Crippen molar-refractivity contribution in [2.75, 3.05) is 19.8 Å². The van der Waals surface area contributed by atoms with Gasteiger partial charge in [-0.1, -0.05) is 60.7 Å². The van der Waals surface area contributed by atoms with Crippen LogP contribution in [-0.2, 0) is 41.7 Å². The lowest BCUT2D eigenvalue weighted by Crippen LogP contribution is -2.73. The highest BCUT2D eigenvalue weighted by atomic mass is 19.1. The summed E-state index contributed by atoms with van der Waals surface area (Å²) in [5, 5.41) is 16.8. The number of halogens is 1. The second-order valence-corrected chi connectivity index (χ2v) is 13.3. The average Bonchev–Trinajstić information content (AvgIpc) is 3.47. The fourth-order valence-electron chi connectivity index (χ4n) is 6.29. The van der Waals surface area contributed by atoms with Crippen molar-refractivity contribution >= 4 is 29.7 Å². The van der Waals surface area contributed by atoms with Crippen LogP contribution < -0.4 is 22.1 Å². The molecule has 2 aromatic rings. The number of amides is 5. The quantitative estimate of drug-likeness (QED) is 0.122. The summed E-state index contributed by atoms with van der Waals surface area (Å²) >= 11 is 0. The molecule has 1 aliphatic rings. The number of rotatable bonds is 17. The second kappa shape index (κ2) is 17.8. The number of ether oxygens (including phenoxy) is 2. The molecular weight excluding hydrogens is 637 g/mol. The van der Waals surface area contributed by atoms with Crippen LogP contribution in [0.1, 0.15) is 57.6 Å². The van der Waals surface area contributed by atoms with E-state index in [2.05, 4.69) is 10.6 Å². The molecule has 0 aliphatic carbocycles. The van der Waals surface area contributed by atoms with Crippen molar-refractivity contribution in [1.82, 2.24) is 10.6 Å². The highest BCUT2D eigenvalue weighted by Gasteiger charge is 2.63. The minimum absolute atomic E-state index is 0.00768. The molecule has 268 valence electrons. The first-order valence-corrected chi connectivity index (χ1v) is 16.4. The maximum Gasteiger partial charge on any atom is 0.408 e. The number of likely N-dealkylation sites (tertiary alicyclic amines) is 1. The van der Waals surface area contributed by atoms with E-state index in [0.717, 1.165) is 0 Å². The van der Waals surface area contributed by atoms with Gasteiger partial charge in [0.15, 0.2) is 12.1 Å². The van der Waals surface area contributed by atoms with Crippen molar-refractivity contribution in [3.8, 4) is 0 Å². The fourth-order valence-corrected chi connectivity index (χ4v) is 6.29. The average molecular weight is 687 g/mol. The van der Waals surface area contributed by atoms with Gasteiger partial charge in [-0.3, -0.25) is 18.8 Å². The van der Waals surface area contributed by atoms with Gasteiger partial charge in [0.1, 0.15) is 25.3 Å². The number of carbonyl (C=O) groups is 5. The van der Waals surface area contributed by atoms with Crippen molar-refractivity contribution in [2.45, 2.75) is 95.4 Å². The monoisotopic (exact) mass is 686 g/mol. The maximum absolute atomic E-state index is 14.6. The summed E-state index contributed by atoms with van der Waals surface area (Å²) in [4.78, 5) is 65.8. The molecule has 5 amide bonds. The number of primary amides is 2. The smallest absolute Gasteiger partial charge is 0.408 e. The summed E-state index contributed by atoms with van der Waals surface area (Å²) in [5.74, 6) is -3.31. The molecule has 13 nitrogen and oxygen atoms in total. The Labute approximate surface area is 286 Å². The molecule has 49 heavy (non-hydrogen) atoms. The number of unbranched alkanes of at least 4 members (excludes halogenated alkanes) is 1. The van der Waals surface area contributed by atoms with Crippen LogP contribution in [0.15, 0.2) is 60.7 Å². The van der Waals surface area contributed by atoms with Crippen LogP contribution in [0.3, 0.4) is 0 Å². The fraction of sp³-hybridized carbons (Fsp3) is 0.514. The van der Waals surface area contributed by atoms with Gasteiger partial charge in [0.25, 0.3) is 5.91 Å². The van der Waals surface area contributed by atoms with Gasteiger partial charge in [0.2, 0.25) is 11.8 Å². The van der Waals surface area contributed by atoms with E-state index in [-0.39, 0.29) is 32.6 Å². The van der Waals surface area contributed by atoms with Gasteiger partial charge in [0, 0.05) is 13.0 Å². The lowest BCUT2D eigenvalue weighted by molar-refractivity contribution is -0.906. The molecule has 14 heteroatoms. The molecule has 1 saturated heterocycles. The molecule has 1 heterocycles. The SMILES string of the molecule is CC(C)(C)[N+]1(C(=O)[C@@H](O)[C@H](Cc2ccccc2)NC(=O)[C@H](CC(N)=O)NC(=O)OCc2ccccc2)CC(OCCCCF)C[C@H]1C(N)=O. The number of aliphatic hydroxyl groups excluding tert-OH is 1. The molecule has 6 atom stereocenters. The highest BCUT2D eigenvalue weighted by Crippen LogP contribution is 2.39. The summed E-state index contributed by atoms with van der Waals surface area (Å²) in [6.45, 7) is 4.87. The Bertz CT molecular complexity index is 1420. The maximum atomic E-state index is 14.6. The topological polar surface area (TPSA) is 200 Å². The highest BCUT2D eigenvalue weighted by molar-refractivity contribution is 5.91. The standard InChI is InChI=1S/C35H48FN5O8/c1-35(2,3)41(21-25(19-28(41)31(38)44)48-17-11-10-16-36)33(46)30(43)26(18-23-12-6-4-7-13-23)39-32(45)27(20-29(37)42)40-34(47)49-22-24-14-8-5-9-15-24/h4-9,12-15,25-28,30,43H,10-11,16-22H2,1-3H3,(H5-,37,38,39,40,42,44,45,47)/p+1/t25?,26-,27-,28-,30-,41?/m0/s1. The molecule has 1 aliphatic heterocycles. The van der Waals surface area contributed by atoms with E-state index in [1.54, 1.807) is 81.4 Å². The van der Waals surface area contributed by atoms with Crippen molar-refractivity contribution in [3.63, 3.8) is 0 Å². The molecular formula is C35H49FN5O8+.